The van der Waals surface area contributed by atoms with E-state index in [0.29, 0.717) is 17.9 Å². The molecule has 2 N–H and O–H groups in total. The van der Waals surface area contributed by atoms with Gasteiger partial charge in [0.05, 0.1) is 46.3 Å². The number of anilines is 1. The first-order chi connectivity index (χ1) is 23.4. The molecule has 2 saturated heterocycles. The van der Waals surface area contributed by atoms with Crippen molar-refractivity contribution in [2.45, 2.75) is 69.4 Å². The lowest BCUT2D eigenvalue weighted by atomic mass is 9.77. The molecule has 48 heavy (non-hydrogen) atoms. The van der Waals surface area contributed by atoms with Crippen LogP contribution in [-0.2, 0) is 14.3 Å². The van der Waals surface area contributed by atoms with Gasteiger partial charge in [-0.25, -0.2) is 4.98 Å². The van der Waals surface area contributed by atoms with Gasteiger partial charge < -0.3 is 10.1 Å². The molecule has 8 rings (SSSR count). The molecule has 2 aromatic carbocycles. The predicted octanol–water partition coefficient (Wildman–Crippen LogP) is 4.63. The zero-order valence-electron chi connectivity index (χ0n) is 26.6. The van der Waals surface area contributed by atoms with Crippen LogP contribution in [0.2, 0.25) is 0 Å². The Morgan fingerprint density at radius 2 is 1.75 bits per heavy atom. The normalized spacial score (nSPS) is 22.9. The minimum atomic E-state index is -0.964. The SMILES string of the molecule is O=C1CCC(N2C(=O)c3ccc(NCCC[C@H]4C[C@@H](n5cc(-c6cnc7ccc(C8CCOCC8)cc7n6)cn5)C4)cc3C2=O)C(=O)N1. The highest BCUT2D eigenvalue weighted by atomic mass is 16.5. The fourth-order valence-corrected chi connectivity index (χ4v) is 7.48. The maximum Gasteiger partial charge on any atom is 0.262 e. The van der Waals surface area contributed by atoms with Gasteiger partial charge in [0.15, 0.2) is 0 Å². The molecule has 1 atom stereocenters. The molecule has 0 bridgehead atoms. The summed E-state index contributed by atoms with van der Waals surface area (Å²) in [5, 5.41) is 10.3. The van der Waals surface area contributed by atoms with Gasteiger partial charge in [0.25, 0.3) is 11.8 Å². The number of carbonyl (C=O) groups is 4. The van der Waals surface area contributed by atoms with E-state index in [-0.39, 0.29) is 29.9 Å². The van der Waals surface area contributed by atoms with Gasteiger partial charge in [-0.1, -0.05) is 6.07 Å². The van der Waals surface area contributed by atoms with Gasteiger partial charge in [0.1, 0.15) is 6.04 Å². The molecule has 4 aromatic rings. The van der Waals surface area contributed by atoms with Crippen molar-refractivity contribution in [3.8, 4) is 11.3 Å². The number of aromatic nitrogens is 4. The molecular formula is C36H37N7O5. The molecule has 5 heterocycles. The minimum Gasteiger partial charge on any atom is -0.385 e. The molecule has 1 aliphatic carbocycles. The highest BCUT2D eigenvalue weighted by Gasteiger charge is 2.44. The summed E-state index contributed by atoms with van der Waals surface area (Å²) in [7, 11) is 0. The number of nitrogens with zero attached hydrogens (tertiary/aromatic N) is 5. The number of fused-ring (bicyclic) bond motifs is 2. The van der Waals surface area contributed by atoms with Crippen LogP contribution >= 0.6 is 0 Å². The molecule has 4 amide bonds. The van der Waals surface area contributed by atoms with E-state index in [9.17, 15) is 19.2 Å². The van der Waals surface area contributed by atoms with Crippen LogP contribution in [-0.4, -0.2) is 74.1 Å². The third-order valence-electron chi connectivity index (χ3n) is 10.3. The van der Waals surface area contributed by atoms with Crippen LogP contribution in [0.15, 0.2) is 55.0 Å². The number of benzene rings is 2. The van der Waals surface area contributed by atoms with E-state index >= 15 is 0 Å². The second-order valence-electron chi connectivity index (χ2n) is 13.4. The number of rotatable bonds is 9. The number of hydrogen-bond donors (Lipinski definition) is 2. The van der Waals surface area contributed by atoms with Gasteiger partial charge in [-0.2, -0.15) is 5.10 Å². The van der Waals surface area contributed by atoms with E-state index in [1.165, 1.54) is 5.56 Å². The fourth-order valence-electron chi connectivity index (χ4n) is 7.48. The van der Waals surface area contributed by atoms with Gasteiger partial charge in [-0.05, 0) is 92.7 Å². The van der Waals surface area contributed by atoms with E-state index < -0.39 is 23.8 Å². The number of imide groups is 2. The summed E-state index contributed by atoms with van der Waals surface area (Å²) in [5.41, 5.74) is 6.25. The van der Waals surface area contributed by atoms with Crippen LogP contribution in [0.1, 0.15) is 89.6 Å². The third kappa shape index (κ3) is 5.74. The van der Waals surface area contributed by atoms with Crippen molar-refractivity contribution in [1.82, 2.24) is 30.0 Å². The maximum absolute atomic E-state index is 13.1. The first-order valence-corrected chi connectivity index (χ1v) is 16.9. The summed E-state index contributed by atoms with van der Waals surface area (Å²) >= 11 is 0. The topological polar surface area (TPSA) is 148 Å². The third-order valence-corrected chi connectivity index (χ3v) is 10.3. The van der Waals surface area contributed by atoms with Crippen LogP contribution in [0.25, 0.3) is 22.3 Å². The van der Waals surface area contributed by atoms with Crippen molar-refractivity contribution >= 4 is 40.3 Å². The molecule has 1 unspecified atom stereocenters. The molecule has 12 nitrogen and oxygen atoms in total. The van der Waals surface area contributed by atoms with E-state index in [1.54, 1.807) is 18.2 Å². The maximum atomic E-state index is 13.1. The molecular weight excluding hydrogens is 610 g/mol. The Morgan fingerprint density at radius 3 is 2.58 bits per heavy atom. The summed E-state index contributed by atoms with van der Waals surface area (Å²) in [6, 6.07) is 10.9. The number of ether oxygens (including phenoxy) is 1. The van der Waals surface area contributed by atoms with Crippen LogP contribution < -0.4 is 10.6 Å². The molecule has 0 spiro atoms. The summed E-state index contributed by atoms with van der Waals surface area (Å²) in [6.07, 6.45) is 12.3. The molecule has 246 valence electrons. The lowest BCUT2D eigenvalue weighted by molar-refractivity contribution is -0.136. The van der Waals surface area contributed by atoms with E-state index in [1.807, 2.05) is 12.4 Å². The molecule has 12 heteroatoms. The van der Waals surface area contributed by atoms with Crippen LogP contribution in [0, 0.1) is 5.92 Å². The van der Waals surface area contributed by atoms with Gasteiger partial charge in [-0.3, -0.25) is 39.1 Å². The lowest BCUT2D eigenvalue weighted by Crippen LogP contribution is -2.54. The Bertz CT molecular complexity index is 1930. The van der Waals surface area contributed by atoms with Crippen molar-refractivity contribution in [1.29, 1.82) is 0 Å². The summed E-state index contributed by atoms with van der Waals surface area (Å²) in [5.74, 6) is -0.860. The van der Waals surface area contributed by atoms with Crippen LogP contribution in [0.4, 0.5) is 5.69 Å². The van der Waals surface area contributed by atoms with E-state index in [0.717, 1.165) is 91.2 Å². The van der Waals surface area contributed by atoms with Crippen LogP contribution in [0.5, 0.6) is 0 Å². The lowest BCUT2D eigenvalue weighted by Gasteiger charge is -2.35. The quantitative estimate of drug-likeness (QED) is 0.196. The van der Waals surface area contributed by atoms with Crippen molar-refractivity contribution in [2.75, 3.05) is 25.1 Å². The number of nitrogens with one attached hydrogen (secondary N) is 2. The van der Waals surface area contributed by atoms with Crippen LogP contribution in [0.3, 0.4) is 0 Å². The molecule has 3 aliphatic heterocycles. The summed E-state index contributed by atoms with van der Waals surface area (Å²) in [4.78, 5) is 60.5. The van der Waals surface area contributed by atoms with Crippen molar-refractivity contribution < 1.29 is 23.9 Å². The second kappa shape index (κ2) is 12.6. The van der Waals surface area contributed by atoms with Crippen molar-refractivity contribution in [3.63, 3.8) is 0 Å². The summed E-state index contributed by atoms with van der Waals surface area (Å²) < 4.78 is 7.60. The molecule has 3 fully saturated rings. The first-order valence-electron chi connectivity index (χ1n) is 16.9. The molecule has 0 radical (unpaired) electrons. The smallest absolute Gasteiger partial charge is 0.262 e. The minimum absolute atomic E-state index is 0.0972. The molecule has 4 aliphatic rings. The van der Waals surface area contributed by atoms with Gasteiger partial charge >= 0.3 is 0 Å². The average molecular weight is 648 g/mol. The Morgan fingerprint density at radius 1 is 0.917 bits per heavy atom. The number of amides is 4. The van der Waals surface area contributed by atoms with Gasteiger partial charge in [0, 0.05) is 43.6 Å². The summed E-state index contributed by atoms with van der Waals surface area (Å²) in [6.45, 7) is 2.36. The Balaban J connectivity index is 0.819. The molecule has 2 aromatic heterocycles. The standard InChI is InChI=1S/C36H37N7O5/c44-33-8-7-32(34(45)41-33)43-35(46)27-5-4-25(17-28(27)36(43)47)37-11-1-2-21-14-26(15-21)42-20-24(18-39-42)31-19-38-29-6-3-23(16-30(29)40-31)22-9-12-48-13-10-22/h3-6,16-22,26,32,37H,1-2,7-15H2,(H,41,44,45)/t21-,26+,32?. The number of hydrogen-bond acceptors (Lipinski definition) is 9. The van der Waals surface area contributed by atoms with Gasteiger partial charge in [0.2, 0.25) is 11.8 Å². The predicted molar refractivity (Wildman–Crippen MR) is 176 cm³/mol. The van der Waals surface area contributed by atoms with Crippen molar-refractivity contribution in [2.24, 2.45) is 5.92 Å². The average Bonchev–Trinajstić information content (AvgIpc) is 3.66. The molecule has 1 saturated carbocycles. The van der Waals surface area contributed by atoms with E-state index in [2.05, 4.69) is 49.8 Å². The number of carbonyl (C=O) groups excluding carboxylic acids is 4. The highest BCUT2D eigenvalue weighted by Crippen LogP contribution is 2.40. The van der Waals surface area contributed by atoms with Crippen molar-refractivity contribution in [3.05, 3.63) is 71.7 Å². The Labute approximate surface area is 277 Å². The van der Waals surface area contributed by atoms with Gasteiger partial charge in [-0.15, -0.1) is 0 Å². The zero-order valence-corrected chi connectivity index (χ0v) is 26.6. The van der Waals surface area contributed by atoms with E-state index in [4.69, 9.17) is 9.72 Å². The zero-order chi connectivity index (χ0) is 32.8. The monoisotopic (exact) mass is 647 g/mol. The first kappa shape index (κ1) is 30.4. The Hall–Kier alpha value is -4.97. The second-order valence-corrected chi connectivity index (χ2v) is 13.4. The fraction of sp³-hybridized carbons (Fsp3) is 0.417. The largest absolute Gasteiger partial charge is 0.385 e. The highest BCUT2D eigenvalue weighted by molar-refractivity contribution is 6.23. The number of piperidine rings is 1. The Kier molecular flexibility index (Phi) is 7.95.